The summed E-state index contributed by atoms with van der Waals surface area (Å²) in [5, 5.41) is 1.16. The van der Waals surface area contributed by atoms with E-state index in [0.29, 0.717) is 6.54 Å². The van der Waals surface area contributed by atoms with E-state index in [4.69, 9.17) is 5.73 Å². The van der Waals surface area contributed by atoms with Gasteiger partial charge >= 0.3 is 0 Å². The predicted octanol–water partition coefficient (Wildman–Crippen LogP) is 3.75. The van der Waals surface area contributed by atoms with Crippen LogP contribution in [0.15, 0.2) is 30.5 Å². The first-order valence-corrected chi connectivity index (χ1v) is 7.99. The minimum Gasteiger partial charge on any atom is -0.330 e. The van der Waals surface area contributed by atoms with Crippen molar-refractivity contribution in [3.63, 3.8) is 0 Å². The van der Waals surface area contributed by atoms with Gasteiger partial charge in [-0.05, 0) is 37.4 Å². The molecule has 2 N–H and O–H groups in total. The molecule has 0 radical (unpaired) electrons. The second-order valence-electron chi connectivity index (χ2n) is 6.51. The first-order valence-electron chi connectivity index (χ1n) is 7.99. The van der Waals surface area contributed by atoms with E-state index in [1.54, 1.807) is 0 Å². The average Bonchev–Trinajstić information content (AvgIpc) is 2.87. The highest BCUT2D eigenvalue weighted by molar-refractivity contribution is 5.96. The SMILES string of the molecule is CC1(C(=O)n2cc(CCN)c3ccccc32)CCCCC1. The van der Waals surface area contributed by atoms with Crippen LogP contribution >= 0.6 is 0 Å². The fourth-order valence-electron chi connectivity index (χ4n) is 3.61. The molecule has 3 heteroatoms. The minimum atomic E-state index is -0.208. The summed E-state index contributed by atoms with van der Waals surface area (Å²) in [7, 11) is 0. The first kappa shape index (κ1) is 14.3. The summed E-state index contributed by atoms with van der Waals surface area (Å²) < 4.78 is 1.88. The molecule has 1 aliphatic rings. The number of para-hydroxylation sites is 1. The summed E-state index contributed by atoms with van der Waals surface area (Å²) in [5.41, 5.74) is 7.71. The van der Waals surface area contributed by atoms with Crippen LogP contribution in [0, 0.1) is 5.41 Å². The van der Waals surface area contributed by atoms with Gasteiger partial charge in [-0.1, -0.05) is 44.4 Å². The Labute approximate surface area is 126 Å². The molecule has 1 aliphatic carbocycles. The zero-order chi connectivity index (χ0) is 14.9. The summed E-state index contributed by atoms with van der Waals surface area (Å²) in [6.45, 7) is 2.74. The van der Waals surface area contributed by atoms with Gasteiger partial charge in [-0.15, -0.1) is 0 Å². The Morgan fingerprint density at radius 1 is 1.24 bits per heavy atom. The van der Waals surface area contributed by atoms with E-state index in [1.807, 2.05) is 29.0 Å². The lowest BCUT2D eigenvalue weighted by Crippen LogP contribution is -2.34. The van der Waals surface area contributed by atoms with Crippen molar-refractivity contribution in [2.75, 3.05) is 6.54 Å². The van der Waals surface area contributed by atoms with Crippen molar-refractivity contribution in [1.82, 2.24) is 4.57 Å². The normalized spacial score (nSPS) is 18.0. The van der Waals surface area contributed by atoms with Gasteiger partial charge in [0.05, 0.1) is 5.52 Å². The van der Waals surface area contributed by atoms with E-state index in [2.05, 4.69) is 13.0 Å². The fourth-order valence-corrected chi connectivity index (χ4v) is 3.61. The van der Waals surface area contributed by atoms with E-state index in [1.165, 1.54) is 12.0 Å². The molecule has 1 fully saturated rings. The van der Waals surface area contributed by atoms with Gasteiger partial charge in [-0.3, -0.25) is 9.36 Å². The molecule has 0 aliphatic heterocycles. The smallest absolute Gasteiger partial charge is 0.237 e. The van der Waals surface area contributed by atoms with Crippen molar-refractivity contribution in [3.8, 4) is 0 Å². The maximum atomic E-state index is 13.1. The van der Waals surface area contributed by atoms with Crippen molar-refractivity contribution in [2.24, 2.45) is 11.1 Å². The Morgan fingerprint density at radius 2 is 1.95 bits per heavy atom. The van der Waals surface area contributed by atoms with Gasteiger partial charge in [0, 0.05) is 17.0 Å². The molecule has 1 aromatic heterocycles. The molecule has 0 bridgehead atoms. The fraction of sp³-hybridized carbons (Fsp3) is 0.500. The van der Waals surface area contributed by atoms with Crippen molar-refractivity contribution >= 4 is 16.8 Å². The van der Waals surface area contributed by atoms with Crippen LogP contribution in [-0.4, -0.2) is 17.0 Å². The van der Waals surface area contributed by atoms with Crippen LogP contribution in [0.2, 0.25) is 0 Å². The Balaban J connectivity index is 2.05. The van der Waals surface area contributed by atoms with Crippen LogP contribution in [0.5, 0.6) is 0 Å². The van der Waals surface area contributed by atoms with Crippen LogP contribution in [0.4, 0.5) is 0 Å². The number of carbonyl (C=O) groups excluding carboxylic acids is 1. The van der Waals surface area contributed by atoms with Gasteiger partial charge in [0.25, 0.3) is 0 Å². The number of fused-ring (bicyclic) bond motifs is 1. The Kier molecular flexibility index (Phi) is 3.85. The average molecular weight is 284 g/mol. The lowest BCUT2D eigenvalue weighted by molar-refractivity contribution is 0.0658. The van der Waals surface area contributed by atoms with Crippen LogP contribution in [0.1, 0.15) is 49.4 Å². The Hall–Kier alpha value is -1.61. The lowest BCUT2D eigenvalue weighted by Gasteiger charge is -2.32. The third-order valence-electron chi connectivity index (χ3n) is 4.90. The third-order valence-corrected chi connectivity index (χ3v) is 4.90. The molecular formula is C18H24N2O. The number of rotatable bonds is 3. The molecule has 112 valence electrons. The maximum absolute atomic E-state index is 13.1. The van der Waals surface area contributed by atoms with Gasteiger partial charge < -0.3 is 5.73 Å². The van der Waals surface area contributed by atoms with Crippen molar-refractivity contribution in [1.29, 1.82) is 0 Å². The van der Waals surface area contributed by atoms with Crippen molar-refractivity contribution in [3.05, 3.63) is 36.0 Å². The Morgan fingerprint density at radius 3 is 2.67 bits per heavy atom. The minimum absolute atomic E-state index is 0.208. The van der Waals surface area contributed by atoms with Crippen molar-refractivity contribution in [2.45, 2.75) is 45.4 Å². The summed E-state index contributed by atoms with van der Waals surface area (Å²) in [4.78, 5) is 13.1. The Bertz CT molecular complexity index is 650. The number of carbonyl (C=O) groups is 1. The molecule has 0 saturated heterocycles. The van der Waals surface area contributed by atoms with Crippen LogP contribution in [0.3, 0.4) is 0 Å². The van der Waals surface area contributed by atoms with Crippen molar-refractivity contribution < 1.29 is 4.79 Å². The zero-order valence-corrected chi connectivity index (χ0v) is 12.8. The van der Waals surface area contributed by atoms with Crippen LogP contribution in [0.25, 0.3) is 10.9 Å². The molecule has 3 nitrogen and oxygen atoms in total. The van der Waals surface area contributed by atoms with Gasteiger partial charge in [-0.2, -0.15) is 0 Å². The molecule has 3 rings (SSSR count). The zero-order valence-electron chi connectivity index (χ0n) is 12.8. The third kappa shape index (κ3) is 2.51. The molecule has 0 atom stereocenters. The maximum Gasteiger partial charge on any atom is 0.237 e. The number of nitrogens with two attached hydrogens (primary N) is 1. The largest absolute Gasteiger partial charge is 0.330 e. The summed E-state index contributed by atoms with van der Waals surface area (Å²) in [6, 6.07) is 8.16. The first-order chi connectivity index (χ1) is 10.2. The highest BCUT2D eigenvalue weighted by Crippen LogP contribution is 2.38. The molecule has 21 heavy (non-hydrogen) atoms. The van der Waals surface area contributed by atoms with Gasteiger partial charge in [0.2, 0.25) is 5.91 Å². The van der Waals surface area contributed by atoms with Gasteiger partial charge in [0.15, 0.2) is 0 Å². The highest BCUT2D eigenvalue weighted by atomic mass is 16.2. The molecule has 0 spiro atoms. The number of hydrogen-bond acceptors (Lipinski definition) is 2. The monoisotopic (exact) mass is 284 g/mol. The number of benzene rings is 1. The van der Waals surface area contributed by atoms with Crippen LogP contribution in [-0.2, 0) is 6.42 Å². The molecule has 0 unspecified atom stereocenters. The van der Waals surface area contributed by atoms with Gasteiger partial charge in [0.1, 0.15) is 0 Å². The van der Waals surface area contributed by atoms with Gasteiger partial charge in [-0.25, -0.2) is 0 Å². The quantitative estimate of drug-likeness (QED) is 0.933. The van der Waals surface area contributed by atoms with Crippen LogP contribution < -0.4 is 5.73 Å². The number of nitrogens with zero attached hydrogens (tertiary/aromatic N) is 1. The predicted molar refractivity (Wildman–Crippen MR) is 86.5 cm³/mol. The number of aromatic nitrogens is 1. The summed E-state index contributed by atoms with van der Waals surface area (Å²) in [6.07, 6.45) is 8.42. The molecular weight excluding hydrogens is 260 g/mol. The van der Waals surface area contributed by atoms with E-state index < -0.39 is 0 Å². The molecule has 1 aromatic carbocycles. The highest BCUT2D eigenvalue weighted by Gasteiger charge is 2.36. The standard InChI is InChI=1S/C18H24N2O/c1-18(10-5-2-6-11-18)17(21)20-13-14(9-12-19)15-7-3-4-8-16(15)20/h3-4,7-8,13H,2,5-6,9-12,19H2,1H3. The molecule has 0 amide bonds. The van der Waals surface area contributed by atoms with E-state index in [9.17, 15) is 4.79 Å². The summed E-state index contributed by atoms with van der Waals surface area (Å²) in [5.74, 6) is 0.252. The topological polar surface area (TPSA) is 48.0 Å². The van der Waals surface area contributed by atoms with E-state index >= 15 is 0 Å². The van der Waals surface area contributed by atoms with E-state index in [-0.39, 0.29) is 11.3 Å². The molecule has 2 aromatic rings. The molecule has 1 saturated carbocycles. The number of hydrogen-bond donors (Lipinski definition) is 1. The van der Waals surface area contributed by atoms with E-state index in [0.717, 1.165) is 43.0 Å². The molecule has 1 heterocycles. The second-order valence-corrected chi connectivity index (χ2v) is 6.51. The lowest BCUT2D eigenvalue weighted by atomic mass is 9.75. The second kappa shape index (κ2) is 5.64. The summed E-state index contributed by atoms with van der Waals surface area (Å²) >= 11 is 0.